The van der Waals surface area contributed by atoms with Gasteiger partial charge in [-0.3, -0.25) is 0 Å². The minimum Gasteiger partial charge on any atom is -0.457 e. The van der Waals surface area contributed by atoms with Crippen LogP contribution in [0.1, 0.15) is 19.8 Å². The summed E-state index contributed by atoms with van der Waals surface area (Å²) in [6.45, 7) is 2.84. The van der Waals surface area contributed by atoms with Crippen LogP contribution in [-0.2, 0) is 0 Å². The number of nitrogen functional groups attached to an aromatic ring is 1. The number of anilines is 2. The average Bonchev–Trinajstić information content (AvgIpc) is 2.72. The van der Waals surface area contributed by atoms with E-state index in [0.717, 1.165) is 24.2 Å². The van der Waals surface area contributed by atoms with E-state index in [1.165, 1.54) is 0 Å². The highest BCUT2D eigenvalue weighted by Gasteiger charge is 2.18. The minimum absolute atomic E-state index is 0.0944. The molecule has 0 aliphatic heterocycles. The highest BCUT2D eigenvalue weighted by Crippen LogP contribution is 2.40. The molecule has 0 aliphatic rings. The first kappa shape index (κ1) is 20.9. The number of para-hydroxylation sites is 2. The third-order valence-electron chi connectivity index (χ3n) is 4.69. The maximum atomic E-state index is 9.41. The zero-order valence-electron chi connectivity index (χ0n) is 16.3. The fourth-order valence-corrected chi connectivity index (χ4v) is 3.29. The van der Waals surface area contributed by atoms with Crippen molar-refractivity contribution in [2.45, 2.75) is 19.8 Å². The Balaban J connectivity index is 1.94. The van der Waals surface area contributed by atoms with Crippen molar-refractivity contribution in [2.24, 2.45) is 5.92 Å². The molecule has 7 heteroatoms. The number of ether oxygens (including phenoxy) is 1. The monoisotopic (exact) mass is 412 g/mol. The van der Waals surface area contributed by atoms with Crippen molar-refractivity contribution in [1.29, 1.82) is 0 Å². The molecule has 0 saturated carbocycles. The maximum absolute atomic E-state index is 9.41. The standard InChI is InChI=1S/C22H25ClN4O2/c1-2-15(14-28)12-13-25-21-19(20(23)26-22(24)27-21)17-10-6-7-11-18(17)29-16-8-4-3-5-9-16/h3-11,15,28H,2,12-14H2,1H3,(H3,24,25,26,27). The first-order valence-corrected chi connectivity index (χ1v) is 10.00. The lowest BCUT2D eigenvalue weighted by Gasteiger charge is -2.17. The molecule has 0 amide bonds. The quantitative estimate of drug-likeness (QED) is 0.428. The van der Waals surface area contributed by atoms with Gasteiger partial charge in [-0.25, -0.2) is 4.98 Å². The second-order valence-electron chi connectivity index (χ2n) is 6.68. The number of aromatic nitrogens is 2. The van der Waals surface area contributed by atoms with Gasteiger partial charge in [0.15, 0.2) is 0 Å². The summed E-state index contributed by atoms with van der Waals surface area (Å²) in [5, 5.41) is 13.0. The van der Waals surface area contributed by atoms with Gasteiger partial charge in [-0.1, -0.05) is 61.3 Å². The van der Waals surface area contributed by atoms with Crippen molar-refractivity contribution >= 4 is 23.4 Å². The van der Waals surface area contributed by atoms with Gasteiger partial charge in [0, 0.05) is 18.7 Å². The van der Waals surface area contributed by atoms with E-state index >= 15 is 0 Å². The van der Waals surface area contributed by atoms with Crippen LogP contribution in [0.3, 0.4) is 0 Å². The zero-order valence-corrected chi connectivity index (χ0v) is 17.1. The van der Waals surface area contributed by atoms with Gasteiger partial charge in [0.25, 0.3) is 0 Å². The molecule has 4 N–H and O–H groups in total. The van der Waals surface area contributed by atoms with Crippen LogP contribution in [0.25, 0.3) is 11.1 Å². The zero-order chi connectivity index (χ0) is 20.6. The Morgan fingerprint density at radius 1 is 1.10 bits per heavy atom. The van der Waals surface area contributed by atoms with Crippen LogP contribution in [0.5, 0.6) is 11.5 Å². The molecule has 152 valence electrons. The SMILES string of the molecule is CCC(CO)CCNc1nc(N)nc(Cl)c1-c1ccccc1Oc1ccccc1. The number of benzene rings is 2. The van der Waals surface area contributed by atoms with Gasteiger partial charge < -0.3 is 20.9 Å². The third kappa shape index (κ3) is 5.37. The largest absolute Gasteiger partial charge is 0.457 e. The minimum atomic E-state index is 0.0944. The summed E-state index contributed by atoms with van der Waals surface area (Å²) in [6.07, 6.45) is 1.71. The van der Waals surface area contributed by atoms with E-state index in [1.807, 2.05) is 54.6 Å². The second kappa shape index (κ2) is 10.1. The van der Waals surface area contributed by atoms with Crippen LogP contribution < -0.4 is 15.8 Å². The Kier molecular flexibility index (Phi) is 7.27. The Morgan fingerprint density at radius 3 is 2.55 bits per heavy atom. The van der Waals surface area contributed by atoms with E-state index < -0.39 is 0 Å². The molecular formula is C22H25ClN4O2. The van der Waals surface area contributed by atoms with Crippen molar-refractivity contribution in [3.8, 4) is 22.6 Å². The van der Waals surface area contributed by atoms with Crippen molar-refractivity contribution in [2.75, 3.05) is 24.2 Å². The van der Waals surface area contributed by atoms with E-state index in [1.54, 1.807) is 0 Å². The van der Waals surface area contributed by atoms with E-state index in [4.69, 9.17) is 22.1 Å². The van der Waals surface area contributed by atoms with Gasteiger partial charge in [0.05, 0.1) is 5.56 Å². The molecule has 0 fully saturated rings. The molecule has 1 aromatic heterocycles. The topological polar surface area (TPSA) is 93.3 Å². The van der Waals surface area contributed by atoms with Gasteiger partial charge in [0.1, 0.15) is 22.5 Å². The van der Waals surface area contributed by atoms with Crippen molar-refractivity contribution < 1.29 is 9.84 Å². The van der Waals surface area contributed by atoms with Crippen molar-refractivity contribution in [1.82, 2.24) is 9.97 Å². The number of nitrogens with two attached hydrogens (primary N) is 1. The van der Waals surface area contributed by atoms with Gasteiger partial charge in [-0.05, 0) is 30.5 Å². The summed E-state index contributed by atoms with van der Waals surface area (Å²) in [5.41, 5.74) is 7.23. The van der Waals surface area contributed by atoms with E-state index in [-0.39, 0.29) is 23.6 Å². The molecule has 6 nitrogen and oxygen atoms in total. The molecule has 2 aromatic carbocycles. The molecule has 3 rings (SSSR count). The van der Waals surface area contributed by atoms with Crippen LogP contribution in [-0.4, -0.2) is 28.2 Å². The highest BCUT2D eigenvalue weighted by molar-refractivity contribution is 6.33. The number of halogens is 1. The second-order valence-corrected chi connectivity index (χ2v) is 7.04. The summed E-state index contributed by atoms with van der Waals surface area (Å²) in [4.78, 5) is 8.49. The number of nitrogens with zero attached hydrogens (tertiary/aromatic N) is 2. The normalized spacial score (nSPS) is 11.8. The molecule has 1 heterocycles. The highest BCUT2D eigenvalue weighted by atomic mass is 35.5. The van der Waals surface area contributed by atoms with Gasteiger partial charge in [0.2, 0.25) is 5.95 Å². The summed E-state index contributed by atoms with van der Waals surface area (Å²) >= 11 is 6.47. The summed E-state index contributed by atoms with van der Waals surface area (Å²) in [7, 11) is 0. The number of nitrogens with one attached hydrogen (secondary N) is 1. The van der Waals surface area contributed by atoms with Crippen LogP contribution in [0.4, 0.5) is 11.8 Å². The van der Waals surface area contributed by atoms with Crippen LogP contribution >= 0.6 is 11.6 Å². The summed E-state index contributed by atoms with van der Waals surface area (Å²) < 4.78 is 6.08. The smallest absolute Gasteiger partial charge is 0.223 e. The predicted molar refractivity (Wildman–Crippen MR) is 117 cm³/mol. The van der Waals surface area contributed by atoms with Gasteiger partial charge in [-0.2, -0.15) is 4.98 Å². The Morgan fingerprint density at radius 2 is 1.83 bits per heavy atom. The number of rotatable bonds is 9. The van der Waals surface area contributed by atoms with Crippen LogP contribution in [0, 0.1) is 5.92 Å². The lowest BCUT2D eigenvalue weighted by atomic mass is 10.0. The van der Waals surface area contributed by atoms with Crippen LogP contribution in [0.2, 0.25) is 5.15 Å². The molecule has 3 aromatic rings. The molecule has 0 bridgehead atoms. The number of hydrogen-bond acceptors (Lipinski definition) is 6. The summed E-state index contributed by atoms with van der Waals surface area (Å²) in [5.74, 6) is 2.22. The van der Waals surface area contributed by atoms with Crippen molar-refractivity contribution in [3.63, 3.8) is 0 Å². The first-order chi connectivity index (χ1) is 14.1. The summed E-state index contributed by atoms with van der Waals surface area (Å²) in [6, 6.07) is 17.1. The lowest BCUT2D eigenvalue weighted by molar-refractivity contribution is 0.217. The fourth-order valence-electron chi connectivity index (χ4n) is 3.01. The molecule has 0 spiro atoms. The molecule has 1 unspecified atom stereocenters. The molecule has 0 radical (unpaired) electrons. The maximum Gasteiger partial charge on any atom is 0.223 e. The van der Waals surface area contributed by atoms with Crippen molar-refractivity contribution in [3.05, 3.63) is 59.8 Å². The molecule has 1 atom stereocenters. The van der Waals surface area contributed by atoms with Gasteiger partial charge in [-0.15, -0.1) is 0 Å². The van der Waals surface area contributed by atoms with Crippen LogP contribution in [0.15, 0.2) is 54.6 Å². The Labute approximate surface area is 175 Å². The molecule has 29 heavy (non-hydrogen) atoms. The predicted octanol–water partition coefficient (Wildman–Crippen LogP) is 4.99. The molecule has 0 saturated heterocycles. The lowest BCUT2D eigenvalue weighted by Crippen LogP contribution is -2.14. The van der Waals surface area contributed by atoms with E-state index in [2.05, 4.69) is 22.2 Å². The Bertz CT molecular complexity index is 933. The number of aliphatic hydroxyl groups is 1. The number of aliphatic hydroxyl groups excluding tert-OH is 1. The van der Waals surface area contributed by atoms with E-state index in [9.17, 15) is 5.11 Å². The van der Waals surface area contributed by atoms with Gasteiger partial charge >= 0.3 is 0 Å². The molecule has 0 aliphatic carbocycles. The Hall–Kier alpha value is -2.83. The molecular weight excluding hydrogens is 388 g/mol. The fraction of sp³-hybridized carbons (Fsp3) is 0.273. The number of hydrogen-bond donors (Lipinski definition) is 3. The first-order valence-electron chi connectivity index (χ1n) is 9.62. The average molecular weight is 413 g/mol. The third-order valence-corrected chi connectivity index (χ3v) is 4.96. The van der Waals surface area contributed by atoms with E-state index in [0.29, 0.717) is 23.7 Å².